The van der Waals surface area contributed by atoms with Gasteiger partial charge >= 0.3 is 6.09 Å². The molecule has 28 heavy (non-hydrogen) atoms. The molecule has 1 aromatic rings. The Hall–Kier alpha value is -2.39. The second-order valence-corrected chi connectivity index (χ2v) is 7.25. The zero-order valence-electron chi connectivity index (χ0n) is 15.7. The number of halogens is 1. The van der Waals surface area contributed by atoms with E-state index in [0.717, 1.165) is 19.4 Å². The lowest BCUT2D eigenvalue weighted by molar-refractivity contribution is -0.123. The van der Waals surface area contributed by atoms with Crippen LogP contribution in [0.3, 0.4) is 0 Å². The van der Waals surface area contributed by atoms with Crippen molar-refractivity contribution in [3.8, 4) is 0 Å². The molecule has 0 saturated carbocycles. The van der Waals surface area contributed by atoms with Gasteiger partial charge in [-0.3, -0.25) is 9.69 Å². The summed E-state index contributed by atoms with van der Waals surface area (Å²) in [4.78, 5) is 27.6. The lowest BCUT2D eigenvalue weighted by atomic mass is 10.2. The number of ether oxygens (including phenoxy) is 2. The Morgan fingerprint density at radius 2 is 2.14 bits per heavy atom. The van der Waals surface area contributed by atoms with Crippen molar-refractivity contribution in [2.45, 2.75) is 25.0 Å². The van der Waals surface area contributed by atoms with Gasteiger partial charge in [0.1, 0.15) is 11.9 Å². The maximum atomic E-state index is 14.6. The van der Waals surface area contributed by atoms with Crippen LogP contribution >= 0.6 is 0 Å². The minimum absolute atomic E-state index is 0.0760. The highest BCUT2D eigenvalue weighted by Crippen LogP contribution is 2.28. The van der Waals surface area contributed by atoms with E-state index in [9.17, 15) is 14.0 Å². The number of nitrogens with zero attached hydrogens (tertiary/aromatic N) is 2. The Morgan fingerprint density at radius 1 is 1.32 bits per heavy atom. The molecule has 2 N–H and O–H groups in total. The van der Waals surface area contributed by atoms with Crippen LogP contribution < -0.4 is 20.4 Å². The molecule has 0 bridgehead atoms. The Morgan fingerprint density at radius 3 is 2.86 bits per heavy atom. The average Bonchev–Trinajstić information content (AvgIpc) is 3.37. The summed E-state index contributed by atoms with van der Waals surface area (Å²) >= 11 is 0. The summed E-state index contributed by atoms with van der Waals surface area (Å²) in [6.07, 6.45) is 0.810. The van der Waals surface area contributed by atoms with Crippen molar-refractivity contribution in [2.24, 2.45) is 0 Å². The maximum absolute atomic E-state index is 14.6. The molecule has 9 heteroatoms. The number of hydrogen-bond acceptors (Lipinski definition) is 6. The van der Waals surface area contributed by atoms with E-state index in [-0.39, 0.29) is 30.9 Å². The lowest BCUT2D eigenvalue weighted by Crippen LogP contribution is -2.44. The highest BCUT2D eigenvalue weighted by atomic mass is 19.1. The third-order valence-electron chi connectivity index (χ3n) is 5.35. The first-order valence-electron chi connectivity index (χ1n) is 9.73. The number of nitrogens with one attached hydrogen (secondary N) is 2. The van der Waals surface area contributed by atoms with Crippen LogP contribution in [-0.2, 0) is 14.3 Å². The zero-order chi connectivity index (χ0) is 19.5. The van der Waals surface area contributed by atoms with Crippen LogP contribution in [0.4, 0.5) is 20.6 Å². The number of benzene rings is 1. The molecule has 4 rings (SSSR count). The van der Waals surface area contributed by atoms with Gasteiger partial charge in [-0.2, -0.15) is 0 Å². The summed E-state index contributed by atoms with van der Waals surface area (Å²) < 4.78 is 25.2. The molecule has 2 amide bonds. The van der Waals surface area contributed by atoms with E-state index in [1.54, 1.807) is 12.1 Å². The Kier molecular flexibility index (Phi) is 5.63. The van der Waals surface area contributed by atoms with Gasteiger partial charge in [-0.05, 0) is 37.6 Å². The molecular weight excluding hydrogens is 367 g/mol. The number of amides is 2. The van der Waals surface area contributed by atoms with Crippen LogP contribution in [0.5, 0.6) is 0 Å². The smallest absolute Gasteiger partial charge is 0.414 e. The Labute approximate surface area is 162 Å². The van der Waals surface area contributed by atoms with Gasteiger partial charge in [0, 0.05) is 13.1 Å². The highest BCUT2D eigenvalue weighted by Gasteiger charge is 2.33. The molecule has 3 saturated heterocycles. The predicted molar refractivity (Wildman–Crippen MR) is 101 cm³/mol. The first kappa shape index (κ1) is 18.9. The number of morpholine rings is 1. The summed E-state index contributed by atoms with van der Waals surface area (Å²) in [7, 11) is 0. The van der Waals surface area contributed by atoms with Crippen molar-refractivity contribution in [3.05, 3.63) is 24.0 Å². The van der Waals surface area contributed by atoms with Crippen molar-refractivity contribution < 1.29 is 23.5 Å². The van der Waals surface area contributed by atoms with E-state index in [1.165, 1.54) is 11.0 Å². The van der Waals surface area contributed by atoms with Crippen LogP contribution in [0.2, 0.25) is 0 Å². The number of carbonyl (C=O) groups excluding carboxylic acids is 2. The van der Waals surface area contributed by atoms with Crippen LogP contribution in [0, 0.1) is 5.82 Å². The van der Waals surface area contributed by atoms with Gasteiger partial charge in [-0.1, -0.05) is 0 Å². The van der Waals surface area contributed by atoms with Gasteiger partial charge in [-0.25, -0.2) is 9.18 Å². The summed E-state index contributed by atoms with van der Waals surface area (Å²) in [5.41, 5.74) is 0.957. The summed E-state index contributed by atoms with van der Waals surface area (Å²) in [6, 6.07) is 4.59. The van der Waals surface area contributed by atoms with Crippen molar-refractivity contribution >= 4 is 23.4 Å². The van der Waals surface area contributed by atoms with Gasteiger partial charge in [-0.15, -0.1) is 0 Å². The van der Waals surface area contributed by atoms with Crippen molar-refractivity contribution in [1.29, 1.82) is 0 Å². The first-order chi connectivity index (χ1) is 13.6. The van der Waals surface area contributed by atoms with E-state index in [0.29, 0.717) is 37.7 Å². The summed E-state index contributed by atoms with van der Waals surface area (Å²) in [6.45, 7) is 3.78. The molecule has 1 aromatic carbocycles. The monoisotopic (exact) mass is 392 g/mol. The maximum Gasteiger partial charge on any atom is 0.414 e. The van der Waals surface area contributed by atoms with E-state index >= 15 is 0 Å². The minimum atomic E-state index is -0.531. The highest BCUT2D eigenvalue weighted by molar-refractivity contribution is 5.90. The SMILES string of the molecule is O=C(NC[C@H]1CN(c2ccc(N3CCOCC3)c(F)c2)C(=O)O1)C1CCCN1. The number of rotatable bonds is 5. The van der Waals surface area contributed by atoms with E-state index < -0.39 is 12.2 Å². The molecule has 1 unspecified atom stereocenters. The molecule has 3 aliphatic rings. The number of carbonyl (C=O) groups is 2. The first-order valence-corrected chi connectivity index (χ1v) is 9.73. The third kappa shape index (κ3) is 4.05. The molecule has 8 nitrogen and oxygen atoms in total. The predicted octanol–water partition coefficient (Wildman–Crippen LogP) is 0.856. The van der Waals surface area contributed by atoms with Gasteiger partial charge in [0.2, 0.25) is 5.91 Å². The molecule has 0 radical (unpaired) electrons. The van der Waals surface area contributed by atoms with Gasteiger partial charge in [0.15, 0.2) is 0 Å². The van der Waals surface area contributed by atoms with E-state index in [4.69, 9.17) is 9.47 Å². The molecule has 0 spiro atoms. The lowest BCUT2D eigenvalue weighted by Gasteiger charge is -2.29. The second kappa shape index (κ2) is 8.32. The Balaban J connectivity index is 1.35. The Bertz CT molecular complexity index is 735. The van der Waals surface area contributed by atoms with Crippen LogP contribution in [0.1, 0.15) is 12.8 Å². The fourth-order valence-electron chi connectivity index (χ4n) is 3.81. The summed E-state index contributed by atoms with van der Waals surface area (Å²) in [5, 5.41) is 5.95. The number of anilines is 2. The molecule has 152 valence electrons. The standard InChI is InChI=1S/C19H25FN4O4/c20-15-10-13(3-4-17(15)23-6-8-27-9-7-23)24-12-14(28-19(24)26)11-22-18(25)16-2-1-5-21-16/h3-4,10,14,16,21H,1-2,5-9,11-12H2,(H,22,25)/t14-,16?/m0/s1. The molecular formula is C19H25FN4O4. The van der Waals surface area contributed by atoms with Gasteiger partial charge < -0.3 is 25.0 Å². The van der Waals surface area contributed by atoms with E-state index in [1.807, 2.05) is 4.90 Å². The van der Waals surface area contributed by atoms with Crippen LogP contribution in [0.15, 0.2) is 18.2 Å². The fourth-order valence-corrected chi connectivity index (χ4v) is 3.81. The van der Waals surface area contributed by atoms with Crippen molar-refractivity contribution in [3.63, 3.8) is 0 Å². The van der Waals surface area contributed by atoms with Crippen LogP contribution in [0.25, 0.3) is 0 Å². The van der Waals surface area contributed by atoms with Crippen molar-refractivity contribution in [2.75, 3.05) is 55.7 Å². The molecule has 3 heterocycles. The average molecular weight is 392 g/mol. The fraction of sp³-hybridized carbons (Fsp3) is 0.579. The quantitative estimate of drug-likeness (QED) is 0.773. The van der Waals surface area contributed by atoms with E-state index in [2.05, 4.69) is 10.6 Å². The molecule has 3 aliphatic heterocycles. The third-order valence-corrected chi connectivity index (χ3v) is 5.35. The molecule has 3 fully saturated rings. The topological polar surface area (TPSA) is 83.1 Å². The second-order valence-electron chi connectivity index (χ2n) is 7.25. The molecule has 2 atom stereocenters. The van der Waals surface area contributed by atoms with Crippen LogP contribution in [-0.4, -0.2) is 70.1 Å². The van der Waals surface area contributed by atoms with Gasteiger partial charge in [0.05, 0.1) is 43.7 Å². The number of cyclic esters (lactones) is 1. The normalized spacial score (nSPS) is 25.1. The molecule has 0 aromatic heterocycles. The molecule has 0 aliphatic carbocycles. The zero-order valence-corrected chi connectivity index (χ0v) is 15.7. The van der Waals surface area contributed by atoms with Crippen molar-refractivity contribution in [1.82, 2.24) is 10.6 Å². The largest absolute Gasteiger partial charge is 0.442 e. The summed E-state index contributed by atoms with van der Waals surface area (Å²) in [5.74, 6) is -0.454. The van der Waals surface area contributed by atoms with Gasteiger partial charge in [0.25, 0.3) is 0 Å². The number of hydrogen-bond donors (Lipinski definition) is 2. The minimum Gasteiger partial charge on any atom is -0.442 e.